The summed E-state index contributed by atoms with van der Waals surface area (Å²) >= 11 is 0. The van der Waals surface area contributed by atoms with Gasteiger partial charge in [-0.2, -0.15) is 0 Å². The van der Waals surface area contributed by atoms with Crippen LogP contribution >= 0.6 is 0 Å². The third-order valence-electron chi connectivity index (χ3n) is 3.96. The van der Waals surface area contributed by atoms with Gasteiger partial charge in [0.05, 0.1) is 0 Å². The van der Waals surface area contributed by atoms with E-state index in [1.54, 1.807) is 6.08 Å². The Kier molecular flexibility index (Phi) is 2.05. The second kappa shape index (κ2) is 3.64. The minimum absolute atomic E-state index is 0.401. The van der Waals surface area contributed by atoms with Crippen LogP contribution < -0.4 is 0 Å². The lowest BCUT2D eigenvalue weighted by Gasteiger charge is -2.16. The standard InChI is InChI=1S/C17H11FO/c18-15-8-6-10-5-7-13-12-4-2-1-3-11(12)9-14(13)16(10)17(15)19/h1-8,15H,9H2. The van der Waals surface area contributed by atoms with Gasteiger partial charge >= 0.3 is 0 Å². The summed E-state index contributed by atoms with van der Waals surface area (Å²) < 4.78 is 13.6. The van der Waals surface area contributed by atoms with Crippen LogP contribution in [0.25, 0.3) is 17.2 Å². The summed E-state index contributed by atoms with van der Waals surface area (Å²) in [7, 11) is 0. The number of ketones is 1. The van der Waals surface area contributed by atoms with Gasteiger partial charge < -0.3 is 0 Å². The van der Waals surface area contributed by atoms with E-state index in [1.807, 2.05) is 24.3 Å². The zero-order chi connectivity index (χ0) is 13.0. The number of Topliss-reactive ketones (excluding diaryl/α,β-unsaturated/α-hetero) is 1. The Morgan fingerprint density at radius 1 is 1.05 bits per heavy atom. The number of alkyl halides is 1. The fourth-order valence-corrected chi connectivity index (χ4v) is 3.07. The summed E-state index contributed by atoms with van der Waals surface area (Å²) in [4.78, 5) is 12.1. The van der Waals surface area contributed by atoms with Crippen molar-refractivity contribution < 1.29 is 9.18 Å². The van der Waals surface area contributed by atoms with Gasteiger partial charge in [-0.15, -0.1) is 0 Å². The largest absolute Gasteiger partial charge is 0.290 e. The first-order chi connectivity index (χ1) is 9.25. The number of halogens is 1. The van der Waals surface area contributed by atoms with Crippen molar-refractivity contribution in [3.63, 3.8) is 0 Å². The lowest BCUT2D eigenvalue weighted by Crippen LogP contribution is -2.19. The first-order valence-electron chi connectivity index (χ1n) is 6.36. The summed E-state index contributed by atoms with van der Waals surface area (Å²) in [5.41, 5.74) is 5.84. The molecule has 2 aromatic carbocycles. The van der Waals surface area contributed by atoms with Gasteiger partial charge in [0, 0.05) is 5.56 Å². The smallest absolute Gasteiger partial charge is 0.201 e. The van der Waals surface area contributed by atoms with Gasteiger partial charge in [-0.1, -0.05) is 42.5 Å². The van der Waals surface area contributed by atoms with Crippen LogP contribution in [0.3, 0.4) is 0 Å². The van der Waals surface area contributed by atoms with E-state index in [1.165, 1.54) is 11.6 Å². The Bertz CT molecular complexity index is 743. The minimum atomic E-state index is -1.50. The molecule has 0 saturated carbocycles. The summed E-state index contributed by atoms with van der Waals surface area (Å²) in [6, 6.07) is 12.1. The highest BCUT2D eigenvalue weighted by Crippen LogP contribution is 2.40. The fourth-order valence-electron chi connectivity index (χ4n) is 3.07. The van der Waals surface area contributed by atoms with Crippen LogP contribution in [0.15, 0.2) is 42.5 Å². The second-order valence-corrected chi connectivity index (χ2v) is 5.01. The fraction of sp³-hybridized carbons (Fsp3) is 0.118. The molecule has 4 rings (SSSR count). The van der Waals surface area contributed by atoms with Gasteiger partial charge in [0.2, 0.25) is 5.78 Å². The molecular weight excluding hydrogens is 239 g/mol. The Labute approximate surface area is 110 Å². The molecule has 92 valence electrons. The molecule has 0 spiro atoms. The maximum atomic E-state index is 13.6. The predicted octanol–water partition coefficient (Wildman–Crippen LogP) is 3.81. The van der Waals surface area contributed by atoms with Crippen molar-refractivity contribution >= 4 is 11.9 Å². The molecule has 0 amide bonds. The Hall–Kier alpha value is -2.22. The van der Waals surface area contributed by atoms with Crippen molar-refractivity contribution in [2.45, 2.75) is 12.6 Å². The van der Waals surface area contributed by atoms with Gasteiger partial charge in [-0.3, -0.25) is 4.79 Å². The van der Waals surface area contributed by atoms with Crippen molar-refractivity contribution in [3.8, 4) is 11.1 Å². The van der Waals surface area contributed by atoms with Gasteiger partial charge in [-0.05, 0) is 40.3 Å². The van der Waals surface area contributed by atoms with E-state index in [4.69, 9.17) is 0 Å². The number of allylic oxidation sites excluding steroid dienone is 1. The lowest BCUT2D eigenvalue weighted by molar-refractivity contribution is 0.0911. The van der Waals surface area contributed by atoms with E-state index in [-0.39, 0.29) is 0 Å². The second-order valence-electron chi connectivity index (χ2n) is 5.01. The lowest BCUT2D eigenvalue weighted by atomic mass is 9.88. The summed E-state index contributed by atoms with van der Waals surface area (Å²) in [5.74, 6) is -0.401. The van der Waals surface area contributed by atoms with E-state index < -0.39 is 12.0 Å². The Morgan fingerprint density at radius 3 is 2.79 bits per heavy atom. The number of fused-ring (bicyclic) bond motifs is 5. The molecule has 1 atom stereocenters. The maximum absolute atomic E-state index is 13.6. The minimum Gasteiger partial charge on any atom is -0.290 e. The summed E-state index contributed by atoms with van der Waals surface area (Å²) in [6.07, 6.45) is 2.27. The van der Waals surface area contributed by atoms with E-state index in [2.05, 4.69) is 12.1 Å². The Morgan fingerprint density at radius 2 is 1.89 bits per heavy atom. The number of benzene rings is 2. The SMILES string of the molecule is O=C1c2c(ccc3c2Cc2ccccc2-3)C=CC1F. The highest BCUT2D eigenvalue weighted by atomic mass is 19.1. The molecular formula is C17H11FO. The third-order valence-corrected chi connectivity index (χ3v) is 3.96. The van der Waals surface area contributed by atoms with Gasteiger partial charge in [-0.25, -0.2) is 4.39 Å². The normalized spacial score (nSPS) is 19.0. The Balaban J connectivity index is 2.01. The molecule has 0 bridgehead atoms. The van der Waals surface area contributed by atoms with E-state index in [0.29, 0.717) is 5.56 Å². The molecule has 2 heteroatoms. The first-order valence-corrected chi connectivity index (χ1v) is 6.36. The third kappa shape index (κ3) is 1.37. The number of carbonyl (C=O) groups is 1. The molecule has 0 radical (unpaired) electrons. The molecule has 0 aromatic heterocycles. The zero-order valence-corrected chi connectivity index (χ0v) is 10.2. The summed E-state index contributed by atoms with van der Waals surface area (Å²) in [6.45, 7) is 0. The molecule has 0 aliphatic heterocycles. The molecule has 1 unspecified atom stereocenters. The number of hydrogen-bond acceptors (Lipinski definition) is 1. The average molecular weight is 250 g/mol. The molecule has 0 N–H and O–H groups in total. The van der Waals surface area contributed by atoms with Gasteiger partial charge in [0.15, 0.2) is 6.17 Å². The van der Waals surface area contributed by atoms with Crippen molar-refractivity contribution in [1.82, 2.24) is 0 Å². The van der Waals surface area contributed by atoms with Crippen LogP contribution in [0.5, 0.6) is 0 Å². The molecule has 1 nitrogen and oxygen atoms in total. The number of carbonyl (C=O) groups excluding carboxylic acids is 1. The quantitative estimate of drug-likeness (QED) is 0.593. The summed E-state index contributed by atoms with van der Waals surface area (Å²) in [5, 5.41) is 0. The van der Waals surface area contributed by atoms with Crippen LogP contribution in [-0.4, -0.2) is 12.0 Å². The molecule has 2 aliphatic rings. The molecule has 0 saturated heterocycles. The van der Waals surface area contributed by atoms with Crippen LogP contribution in [0.4, 0.5) is 4.39 Å². The first kappa shape index (κ1) is 10.7. The van der Waals surface area contributed by atoms with E-state index in [0.717, 1.165) is 28.7 Å². The van der Waals surface area contributed by atoms with Gasteiger partial charge in [0.25, 0.3) is 0 Å². The highest BCUT2D eigenvalue weighted by Gasteiger charge is 2.30. The molecule has 2 aliphatic carbocycles. The predicted molar refractivity (Wildman–Crippen MR) is 72.9 cm³/mol. The molecule has 0 heterocycles. The molecule has 2 aromatic rings. The number of hydrogen-bond donors (Lipinski definition) is 0. The van der Waals surface area contributed by atoms with E-state index >= 15 is 0 Å². The van der Waals surface area contributed by atoms with Crippen LogP contribution in [0.2, 0.25) is 0 Å². The molecule has 0 fully saturated rings. The van der Waals surface area contributed by atoms with Crippen molar-refractivity contribution in [3.05, 3.63) is 64.7 Å². The number of rotatable bonds is 0. The monoisotopic (exact) mass is 250 g/mol. The maximum Gasteiger partial charge on any atom is 0.201 e. The highest BCUT2D eigenvalue weighted by molar-refractivity contribution is 6.09. The average Bonchev–Trinajstić information content (AvgIpc) is 2.81. The van der Waals surface area contributed by atoms with Crippen LogP contribution in [0, 0.1) is 0 Å². The topological polar surface area (TPSA) is 17.1 Å². The van der Waals surface area contributed by atoms with Crippen molar-refractivity contribution in [1.29, 1.82) is 0 Å². The van der Waals surface area contributed by atoms with Crippen molar-refractivity contribution in [2.75, 3.05) is 0 Å². The van der Waals surface area contributed by atoms with Gasteiger partial charge in [0.1, 0.15) is 0 Å². The van der Waals surface area contributed by atoms with E-state index in [9.17, 15) is 9.18 Å². The zero-order valence-electron chi connectivity index (χ0n) is 10.2. The van der Waals surface area contributed by atoms with Crippen molar-refractivity contribution in [2.24, 2.45) is 0 Å². The van der Waals surface area contributed by atoms with Crippen LogP contribution in [0.1, 0.15) is 27.0 Å². The molecule has 19 heavy (non-hydrogen) atoms. The van der Waals surface area contributed by atoms with Crippen LogP contribution in [-0.2, 0) is 6.42 Å².